The first-order chi connectivity index (χ1) is 10.2. The Balaban J connectivity index is 2.79. The van der Waals surface area contributed by atoms with Gasteiger partial charge in [-0.05, 0) is 56.6 Å². The van der Waals surface area contributed by atoms with Crippen LogP contribution >= 0.6 is 0 Å². The van der Waals surface area contributed by atoms with Crippen LogP contribution in [-0.2, 0) is 4.79 Å². The van der Waals surface area contributed by atoms with E-state index in [9.17, 15) is 4.79 Å². The predicted molar refractivity (Wildman–Crippen MR) is 93.8 cm³/mol. The Bertz CT molecular complexity index is 567. The van der Waals surface area contributed by atoms with E-state index in [-0.39, 0.29) is 5.41 Å². The van der Waals surface area contributed by atoms with Crippen LogP contribution in [0.1, 0.15) is 53.9 Å². The lowest BCUT2D eigenvalue weighted by Crippen LogP contribution is -2.19. The van der Waals surface area contributed by atoms with Crippen LogP contribution in [0.4, 0.5) is 0 Å². The van der Waals surface area contributed by atoms with Gasteiger partial charge in [0.2, 0.25) is 0 Å². The molecule has 0 spiro atoms. The number of aliphatic carboxylic acids is 1. The number of carbonyl (C=O) groups is 1. The molecule has 1 aliphatic carbocycles. The van der Waals surface area contributed by atoms with E-state index in [0.717, 1.165) is 11.1 Å². The second-order valence-corrected chi connectivity index (χ2v) is 6.76. The fourth-order valence-corrected chi connectivity index (χ4v) is 2.88. The Morgan fingerprint density at radius 3 is 2.45 bits per heavy atom. The molecule has 0 aromatic rings. The van der Waals surface area contributed by atoms with Crippen molar-refractivity contribution in [2.75, 3.05) is 0 Å². The molecule has 0 amide bonds. The molecule has 0 bridgehead atoms. The molecule has 0 aromatic heterocycles. The molecule has 0 heterocycles. The van der Waals surface area contributed by atoms with Crippen LogP contribution < -0.4 is 0 Å². The lowest BCUT2D eigenvalue weighted by atomic mass is 9.72. The van der Waals surface area contributed by atoms with Crippen LogP contribution in [0.25, 0.3) is 0 Å². The molecule has 1 rings (SSSR count). The summed E-state index contributed by atoms with van der Waals surface area (Å²) in [5.41, 5.74) is 5.09. The van der Waals surface area contributed by atoms with Crippen molar-refractivity contribution >= 4 is 5.97 Å². The third kappa shape index (κ3) is 5.88. The maximum absolute atomic E-state index is 10.5. The number of hydrogen-bond acceptors (Lipinski definition) is 1. The van der Waals surface area contributed by atoms with Gasteiger partial charge in [-0.25, -0.2) is 4.79 Å². The molecule has 0 fully saturated rings. The number of carboxylic acids is 1. The zero-order chi connectivity index (χ0) is 16.8. The van der Waals surface area contributed by atoms with Crippen LogP contribution in [0, 0.1) is 5.41 Å². The molecule has 0 unspecified atom stereocenters. The smallest absolute Gasteiger partial charge is 0.328 e. The van der Waals surface area contributed by atoms with Crippen molar-refractivity contribution in [2.24, 2.45) is 5.41 Å². The van der Waals surface area contributed by atoms with E-state index in [0.29, 0.717) is 0 Å². The first-order valence-electron chi connectivity index (χ1n) is 7.87. The van der Waals surface area contributed by atoms with Crippen molar-refractivity contribution in [3.05, 3.63) is 58.7 Å². The summed E-state index contributed by atoms with van der Waals surface area (Å²) < 4.78 is 0. The number of allylic oxidation sites excluding steroid dienone is 9. The minimum Gasteiger partial charge on any atom is -0.478 e. The summed E-state index contributed by atoms with van der Waals surface area (Å²) in [6, 6.07) is 0. The fraction of sp³-hybridized carbons (Fsp3) is 0.450. The maximum Gasteiger partial charge on any atom is 0.328 e. The van der Waals surface area contributed by atoms with Gasteiger partial charge in [0.05, 0.1) is 0 Å². The van der Waals surface area contributed by atoms with Crippen LogP contribution in [0.2, 0.25) is 0 Å². The van der Waals surface area contributed by atoms with E-state index >= 15 is 0 Å². The summed E-state index contributed by atoms with van der Waals surface area (Å²) in [6.07, 6.45) is 15.0. The van der Waals surface area contributed by atoms with Crippen LogP contribution in [0.3, 0.4) is 0 Å². The van der Waals surface area contributed by atoms with E-state index in [4.69, 9.17) is 5.11 Å². The van der Waals surface area contributed by atoms with Crippen molar-refractivity contribution in [1.29, 1.82) is 0 Å². The molecule has 0 saturated carbocycles. The van der Waals surface area contributed by atoms with Gasteiger partial charge in [0.1, 0.15) is 0 Å². The summed E-state index contributed by atoms with van der Waals surface area (Å²) in [5.74, 6) is -0.912. The van der Waals surface area contributed by atoms with Crippen molar-refractivity contribution in [1.82, 2.24) is 0 Å². The first kappa shape index (κ1) is 18.2. The highest BCUT2D eigenvalue weighted by Crippen LogP contribution is 2.40. The summed E-state index contributed by atoms with van der Waals surface area (Å²) >= 11 is 0. The van der Waals surface area contributed by atoms with Gasteiger partial charge in [0.15, 0.2) is 0 Å². The summed E-state index contributed by atoms with van der Waals surface area (Å²) in [4.78, 5) is 10.5. The van der Waals surface area contributed by atoms with Gasteiger partial charge in [-0.3, -0.25) is 0 Å². The molecule has 0 aliphatic heterocycles. The molecule has 1 aliphatic rings. The highest BCUT2D eigenvalue weighted by Gasteiger charge is 2.26. The monoisotopic (exact) mass is 300 g/mol. The van der Waals surface area contributed by atoms with Gasteiger partial charge in [-0.15, -0.1) is 0 Å². The van der Waals surface area contributed by atoms with Crippen molar-refractivity contribution in [3.8, 4) is 0 Å². The van der Waals surface area contributed by atoms with Gasteiger partial charge in [0.25, 0.3) is 0 Å². The Morgan fingerprint density at radius 1 is 1.18 bits per heavy atom. The van der Waals surface area contributed by atoms with Crippen LogP contribution in [-0.4, -0.2) is 11.1 Å². The Morgan fingerprint density at radius 2 is 1.86 bits per heavy atom. The third-order valence-corrected chi connectivity index (χ3v) is 4.12. The molecule has 22 heavy (non-hydrogen) atoms. The molecular weight excluding hydrogens is 272 g/mol. The van der Waals surface area contributed by atoms with Crippen LogP contribution in [0.5, 0.6) is 0 Å². The fourth-order valence-electron chi connectivity index (χ4n) is 2.88. The number of carboxylic acid groups (broad SMARTS) is 1. The molecule has 2 nitrogen and oxygen atoms in total. The molecule has 120 valence electrons. The van der Waals surface area contributed by atoms with Gasteiger partial charge < -0.3 is 5.11 Å². The van der Waals surface area contributed by atoms with Crippen molar-refractivity contribution < 1.29 is 9.90 Å². The molecule has 0 atom stereocenters. The molecule has 0 aromatic carbocycles. The molecule has 0 radical (unpaired) electrons. The molecule has 1 N–H and O–H groups in total. The normalized spacial score (nSPS) is 20.2. The zero-order valence-electron chi connectivity index (χ0n) is 14.4. The van der Waals surface area contributed by atoms with E-state index < -0.39 is 5.97 Å². The zero-order valence-corrected chi connectivity index (χ0v) is 14.4. The largest absolute Gasteiger partial charge is 0.478 e. The highest BCUT2D eigenvalue weighted by atomic mass is 16.4. The SMILES string of the molecule is CC1=C(/C=C/C(C)=C\C=C/C(C)=C\C(=O)O)C(C)(C)CCC1. The van der Waals surface area contributed by atoms with Gasteiger partial charge in [0, 0.05) is 6.08 Å². The number of hydrogen-bond donors (Lipinski definition) is 1. The highest BCUT2D eigenvalue weighted by molar-refractivity contribution is 5.81. The topological polar surface area (TPSA) is 37.3 Å². The van der Waals surface area contributed by atoms with Gasteiger partial charge in [-0.2, -0.15) is 0 Å². The Hall–Kier alpha value is -1.83. The predicted octanol–water partition coefficient (Wildman–Crippen LogP) is 5.60. The van der Waals surface area contributed by atoms with E-state index in [1.807, 2.05) is 12.2 Å². The summed E-state index contributed by atoms with van der Waals surface area (Å²) in [7, 11) is 0. The van der Waals surface area contributed by atoms with Gasteiger partial charge >= 0.3 is 5.97 Å². The van der Waals surface area contributed by atoms with E-state index in [2.05, 4.69) is 39.8 Å². The Kier molecular flexibility index (Phi) is 6.61. The molecular formula is C20H28O2. The number of rotatable bonds is 5. The summed E-state index contributed by atoms with van der Waals surface area (Å²) in [6.45, 7) is 10.7. The third-order valence-electron chi connectivity index (χ3n) is 4.12. The minimum atomic E-state index is -0.912. The molecule has 0 saturated heterocycles. The standard InChI is InChI=1S/C20H28O2/c1-15(8-6-9-16(2)14-19(21)22)11-12-18-17(3)10-7-13-20(18,4)5/h6,8-9,11-12,14H,7,10,13H2,1-5H3,(H,21,22)/b9-6-,12-11+,15-8-,16-14-. The second kappa shape index (κ2) is 7.98. The van der Waals surface area contributed by atoms with E-state index in [1.165, 1.54) is 36.5 Å². The van der Waals surface area contributed by atoms with Gasteiger partial charge in [-0.1, -0.05) is 55.4 Å². The second-order valence-electron chi connectivity index (χ2n) is 6.76. The van der Waals surface area contributed by atoms with Crippen molar-refractivity contribution in [3.63, 3.8) is 0 Å². The molecule has 2 heteroatoms. The van der Waals surface area contributed by atoms with Crippen LogP contribution in [0.15, 0.2) is 58.7 Å². The lowest BCUT2D eigenvalue weighted by molar-refractivity contribution is -0.131. The van der Waals surface area contributed by atoms with E-state index in [1.54, 1.807) is 13.0 Å². The maximum atomic E-state index is 10.5. The Labute approximate surface area is 134 Å². The van der Waals surface area contributed by atoms with Crippen molar-refractivity contribution in [2.45, 2.75) is 53.9 Å². The quantitative estimate of drug-likeness (QED) is 0.530. The lowest BCUT2D eigenvalue weighted by Gasteiger charge is -2.32. The summed E-state index contributed by atoms with van der Waals surface area (Å²) in [5, 5.41) is 8.65. The average Bonchev–Trinajstić information content (AvgIpc) is 2.36. The first-order valence-corrected chi connectivity index (χ1v) is 7.87. The average molecular weight is 300 g/mol. The minimum absolute atomic E-state index is 0.260.